The zero-order chi connectivity index (χ0) is 22.8. The molecule has 2 unspecified atom stereocenters. The second-order valence-corrected chi connectivity index (χ2v) is 8.12. The predicted molar refractivity (Wildman–Crippen MR) is 116 cm³/mol. The van der Waals surface area contributed by atoms with Gasteiger partial charge in [-0.05, 0) is 35.6 Å². The molecule has 0 bridgehead atoms. The van der Waals surface area contributed by atoms with Gasteiger partial charge in [0.15, 0.2) is 6.10 Å². The van der Waals surface area contributed by atoms with E-state index in [1.54, 1.807) is 0 Å². The van der Waals surface area contributed by atoms with Gasteiger partial charge in [0.1, 0.15) is 12.6 Å². The number of aliphatic carboxylic acids is 1. The van der Waals surface area contributed by atoms with E-state index in [-0.39, 0.29) is 12.5 Å². The minimum absolute atomic E-state index is 0.0621. The Hall–Kier alpha value is -3.39. The average Bonchev–Trinajstić information content (AvgIpc) is 3.38. The zero-order valence-corrected chi connectivity index (χ0v) is 18.0. The summed E-state index contributed by atoms with van der Waals surface area (Å²) in [6, 6.07) is 14.6. The molecule has 1 heterocycles. The number of carbonyl (C=O) groups is 3. The van der Waals surface area contributed by atoms with Gasteiger partial charge in [0, 0.05) is 19.6 Å². The number of alkyl carbamates (subject to hydrolysis) is 1. The Morgan fingerprint density at radius 1 is 1.12 bits per heavy atom. The zero-order valence-electron chi connectivity index (χ0n) is 18.0. The summed E-state index contributed by atoms with van der Waals surface area (Å²) in [5, 5.41) is 11.9. The Morgan fingerprint density at radius 2 is 1.72 bits per heavy atom. The Labute approximate surface area is 186 Å². The molecule has 2 aromatic carbocycles. The Balaban J connectivity index is 1.39. The summed E-state index contributed by atoms with van der Waals surface area (Å²) in [6.07, 6.45) is -1.13. The van der Waals surface area contributed by atoms with Crippen LogP contribution in [0.1, 0.15) is 30.4 Å². The maximum absolute atomic E-state index is 12.7. The average molecular weight is 438 g/mol. The Bertz CT molecular complexity index is 993. The lowest BCUT2D eigenvalue weighted by Gasteiger charge is -2.27. The first-order valence-corrected chi connectivity index (χ1v) is 10.6. The highest BCUT2D eigenvalue weighted by Gasteiger charge is 2.39. The summed E-state index contributed by atoms with van der Waals surface area (Å²) < 4.78 is 11.0. The van der Waals surface area contributed by atoms with Crippen molar-refractivity contribution in [1.29, 1.82) is 0 Å². The molecule has 168 valence electrons. The van der Waals surface area contributed by atoms with E-state index >= 15 is 0 Å². The summed E-state index contributed by atoms with van der Waals surface area (Å²) in [4.78, 5) is 37.5. The highest BCUT2D eigenvalue weighted by molar-refractivity contribution is 5.87. The number of carboxylic acid groups (broad SMARTS) is 1. The molecule has 0 aromatic heterocycles. The van der Waals surface area contributed by atoms with Gasteiger partial charge in [-0.15, -0.1) is 0 Å². The number of rotatable bonds is 6. The van der Waals surface area contributed by atoms with Gasteiger partial charge in [0.05, 0.1) is 6.04 Å². The number of hydrogen-bond donors (Lipinski definition) is 2. The van der Waals surface area contributed by atoms with E-state index in [4.69, 9.17) is 14.6 Å². The normalized spacial score (nSPS) is 20.2. The van der Waals surface area contributed by atoms with Gasteiger partial charge in [-0.25, -0.2) is 9.59 Å². The number of carboxylic acids is 1. The first kappa shape index (κ1) is 21.8. The van der Waals surface area contributed by atoms with Crippen LogP contribution in [0, 0.1) is 0 Å². The molecule has 0 saturated carbocycles. The Morgan fingerprint density at radius 3 is 2.31 bits per heavy atom. The van der Waals surface area contributed by atoms with Crippen LogP contribution in [0.4, 0.5) is 4.79 Å². The molecule has 3 atom stereocenters. The lowest BCUT2D eigenvalue weighted by atomic mass is 9.98. The monoisotopic (exact) mass is 438 g/mol. The van der Waals surface area contributed by atoms with Gasteiger partial charge in [-0.2, -0.15) is 0 Å². The molecule has 8 nitrogen and oxygen atoms in total. The fourth-order valence-electron chi connectivity index (χ4n) is 4.33. The largest absolute Gasteiger partial charge is 0.480 e. The summed E-state index contributed by atoms with van der Waals surface area (Å²) in [6.45, 7) is 1.88. The summed E-state index contributed by atoms with van der Waals surface area (Å²) in [7, 11) is 1.41. The van der Waals surface area contributed by atoms with E-state index in [1.807, 2.05) is 36.4 Å². The van der Waals surface area contributed by atoms with Crippen LogP contribution < -0.4 is 5.32 Å². The first-order valence-electron chi connectivity index (χ1n) is 10.6. The van der Waals surface area contributed by atoms with Crippen LogP contribution in [0.25, 0.3) is 11.1 Å². The van der Waals surface area contributed by atoms with E-state index in [9.17, 15) is 14.4 Å². The third-order valence-electron chi connectivity index (χ3n) is 6.27. The van der Waals surface area contributed by atoms with Crippen LogP contribution in [-0.2, 0) is 19.1 Å². The second-order valence-electron chi connectivity index (χ2n) is 8.12. The quantitative estimate of drug-likeness (QED) is 0.718. The number of nitrogens with one attached hydrogen (secondary N) is 1. The van der Waals surface area contributed by atoms with Crippen molar-refractivity contribution in [3.8, 4) is 11.1 Å². The SMILES string of the molecule is C[C@@H](C(=O)O)N(C)C(=O)C1OCCC1NC(=O)OCC1c2ccccc2-c2ccccc21. The smallest absolute Gasteiger partial charge is 0.407 e. The van der Waals surface area contributed by atoms with Crippen molar-refractivity contribution in [2.24, 2.45) is 0 Å². The van der Waals surface area contributed by atoms with E-state index in [2.05, 4.69) is 17.4 Å². The van der Waals surface area contributed by atoms with E-state index in [0.717, 1.165) is 27.2 Å². The van der Waals surface area contributed by atoms with E-state index < -0.39 is 36.2 Å². The van der Waals surface area contributed by atoms with Crippen LogP contribution in [0.5, 0.6) is 0 Å². The highest BCUT2D eigenvalue weighted by Crippen LogP contribution is 2.44. The number of ether oxygens (including phenoxy) is 2. The van der Waals surface area contributed by atoms with Crippen LogP contribution >= 0.6 is 0 Å². The summed E-state index contributed by atoms with van der Waals surface area (Å²) in [5.74, 6) is -1.66. The molecule has 2 amide bonds. The maximum atomic E-state index is 12.7. The minimum Gasteiger partial charge on any atom is -0.480 e. The number of nitrogens with zero attached hydrogens (tertiary/aromatic N) is 1. The standard InChI is InChI=1S/C24H26N2O6/c1-14(23(28)29)26(2)22(27)21-20(11-12-31-21)25-24(30)32-13-19-17-9-5-3-7-15(17)16-8-4-6-10-18(16)19/h3-10,14,19-21H,11-13H2,1-2H3,(H,25,30)(H,28,29)/t14-,20?,21?/m0/s1. The van der Waals surface area contributed by atoms with Crippen LogP contribution in [0.2, 0.25) is 0 Å². The van der Waals surface area contributed by atoms with E-state index in [0.29, 0.717) is 13.0 Å². The van der Waals surface area contributed by atoms with E-state index in [1.165, 1.54) is 14.0 Å². The third kappa shape index (κ3) is 4.05. The molecule has 2 aromatic rings. The number of amides is 2. The van der Waals surface area contributed by atoms with Crippen molar-refractivity contribution >= 4 is 18.0 Å². The van der Waals surface area contributed by atoms with Crippen molar-refractivity contribution in [2.75, 3.05) is 20.3 Å². The summed E-state index contributed by atoms with van der Waals surface area (Å²) in [5.41, 5.74) is 4.51. The number of benzene rings is 2. The molecule has 0 spiro atoms. The fourth-order valence-corrected chi connectivity index (χ4v) is 4.33. The van der Waals surface area contributed by atoms with Gasteiger partial charge in [-0.3, -0.25) is 4.79 Å². The minimum atomic E-state index is -1.11. The Kier molecular flexibility index (Phi) is 6.14. The predicted octanol–water partition coefficient (Wildman–Crippen LogP) is 2.61. The fraction of sp³-hybridized carbons (Fsp3) is 0.375. The molecule has 2 N–H and O–H groups in total. The molecule has 1 aliphatic heterocycles. The number of fused-ring (bicyclic) bond motifs is 3. The van der Waals surface area contributed by atoms with Crippen molar-refractivity contribution in [3.05, 3.63) is 59.7 Å². The van der Waals surface area contributed by atoms with Gasteiger partial charge in [0.25, 0.3) is 5.91 Å². The first-order chi connectivity index (χ1) is 15.4. The molecule has 2 aliphatic rings. The lowest BCUT2D eigenvalue weighted by molar-refractivity contribution is -0.152. The lowest BCUT2D eigenvalue weighted by Crippen LogP contribution is -2.52. The highest BCUT2D eigenvalue weighted by atomic mass is 16.6. The van der Waals surface area contributed by atoms with Crippen molar-refractivity contribution in [3.63, 3.8) is 0 Å². The topological polar surface area (TPSA) is 105 Å². The van der Waals surface area contributed by atoms with Crippen LogP contribution in [0.15, 0.2) is 48.5 Å². The second kappa shape index (κ2) is 9.00. The molecular formula is C24H26N2O6. The van der Waals surface area contributed by atoms with Crippen molar-refractivity contribution in [2.45, 2.75) is 37.5 Å². The molecule has 0 radical (unpaired) electrons. The number of carbonyl (C=O) groups excluding carboxylic acids is 2. The van der Waals surface area contributed by atoms with Gasteiger partial charge in [-0.1, -0.05) is 48.5 Å². The van der Waals surface area contributed by atoms with Crippen molar-refractivity contribution in [1.82, 2.24) is 10.2 Å². The van der Waals surface area contributed by atoms with Gasteiger partial charge in [0.2, 0.25) is 0 Å². The molecular weight excluding hydrogens is 412 g/mol. The van der Waals surface area contributed by atoms with Crippen LogP contribution in [0.3, 0.4) is 0 Å². The summed E-state index contributed by atoms with van der Waals surface area (Å²) >= 11 is 0. The van der Waals surface area contributed by atoms with Crippen molar-refractivity contribution < 1.29 is 29.0 Å². The molecule has 8 heteroatoms. The molecule has 4 rings (SSSR count). The number of likely N-dealkylation sites (N-methyl/N-ethyl adjacent to an activating group) is 1. The molecule has 32 heavy (non-hydrogen) atoms. The molecule has 1 saturated heterocycles. The molecule has 1 aliphatic carbocycles. The third-order valence-corrected chi connectivity index (χ3v) is 6.27. The van der Waals surface area contributed by atoms with Crippen LogP contribution in [-0.4, -0.2) is 66.4 Å². The maximum Gasteiger partial charge on any atom is 0.407 e. The number of hydrogen-bond acceptors (Lipinski definition) is 5. The molecule has 1 fully saturated rings. The van der Waals surface area contributed by atoms with Gasteiger partial charge >= 0.3 is 12.1 Å². The van der Waals surface area contributed by atoms with Gasteiger partial charge < -0.3 is 24.8 Å².